The summed E-state index contributed by atoms with van der Waals surface area (Å²) in [5, 5.41) is -0.264. The van der Waals surface area contributed by atoms with Crippen LogP contribution in [0, 0.1) is 17.5 Å². The van der Waals surface area contributed by atoms with Crippen LogP contribution in [0.3, 0.4) is 0 Å². The fourth-order valence-corrected chi connectivity index (χ4v) is 4.70. The lowest BCUT2D eigenvalue weighted by atomic mass is 9.81. The maximum Gasteiger partial charge on any atom is 0.407 e. The lowest BCUT2D eigenvalue weighted by Crippen LogP contribution is -2.45. The van der Waals surface area contributed by atoms with Gasteiger partial charge in [0.05, 0.1) is 5.41 Å². The van der Waals surface area contributed by atoms with Crippen molar-refractivity contribution in [3.8, 4) is 0 Å². The third-order valence-corrected chi connectivity index (χ3v) is 6.93. The van der Waals surface area contributed by atoms with Crippen LogP contribution in [0.1, 0.15) is 42.8 Å². The van der Waals surface area contributed by atoms with E-state index in [0.29, 0.717) is 32.4 Å². The van der Waals surface area contributed by atoms with Crippen LogP contribution in [-0.4, -0.2) is 35.4 Å². The molecule has 1 aliphatic rings. The molecule has 2 aromatic rings. The molecule has 1 aliphatic heterocycles. The van der Waals surface area contributed by atoms with E-state index in [-0.39, 0.29) is 10.7 Å². The fraction of sp³-hybridized carbons (Fsp3) is 0.524. The van der Waals surface area contributed by atoms with Gasteiger partial charge in [0.2, 0.25) is 6.36 Å². The second-order valence-electron chi connectivity index (χ2n) is 8.24. The van der Waals surface area contributed by atoms with Crippen molar-refractivity contribution in [3.63, 3.8) is 0 Å². The van der Waals surface area contributed by atoms with Gasteiger partial charge in [-0.05, 0) is 70.3 Å². The second-order valence-corrected chi connectivity index (χ2v) is 9.36. The molecule has 0 saturated carbocycles. The van der Waals surface area contributed by atoms with Crippen molar-refractivity contribution < 1.29 is 18.3 Å². The number of carbonyl (C=O) groups excluding carboxylic acids is 1. The largest absolute Gasteiger partial charge is 0.414 e. The Labute approximate surface area is 173 Å². The van der Waals surface area contributed by atoms with E-state index in [1.165, 1.54) is 6.07 Å². The number of amides is 1. The molecule has 1 fully saturated rings. The maximum atomic E-state index is 15.1. The van der Waals surface area contributed by atoms with Crippen molar-refractivity contribution in [2.24, 2.45) is 11.1 Å². The highest BCUT2D eigenvalue weighted by Gasteiger charge is 2.50. The minimum atomic E-state index is -1.82. The molecule has 3 heterocycles. The van der Waals surface area contributed by atoms with Crippen molar-refractivity contribution in [1.82, 2.24) is 9.88 Å². The van der Waals surface area contributed by atoms with E-state index in [4.69, 9.17) is 10.5 Å². The number of hydrogen-bond donors (Lipinski definition) is 1. The van der Waals surface area contributed by atoms with Crippen LogP contribution in [0.5, 0.6) is 0 Å². The number of thiophene rings is 1. The lowest BCUT2D eigenvalue weighted by molar-refractivity contribution is -0.0812. The standard InChI is InChI=1S/C21H27F2N3O2S/c1-14-4-5-15(12-25-14)20(2,3)26-11-10-21(13-26,18(23)28-19(24)27)9-8-16-6-7-17(22)29-16/h4-7,12,18H,8-11,13H2,1-3H3,(H2,24,27)/t18-,21?/m1/s1. The van der Waals surface area contributed by atoms with Gasteiger partial charge in [-0.1, -0.05) is 6.07 Å². The van der Waals surface area contributed by atoms with E-state index in [1.54, 1.807) is 6.07 Å². The first-order valence-corrected chi connectivity index (χ1v) is 10.5. The first-order valence-electron chi connectivity index (χ1n) is 9.65. The predicted octanol–water partition coefficient (Wildman–Crippen LogP) is 4.54. The number of nitrogens with two attached hydrogens (primary N) is 1. The molecule has 1 amide bonds. The van der Waals surface area contributed by atoms with E-state index in [9.17, 15) is 9.18 Å². The Morgan fingerprint density at radius 2 is 2.17 bits per heavy atom. The zero-order valence-electron chi connectivity index (χ0n) is 17.0. The Hall–Kier alpha value is -2.06. The van der Waals surface area contributed by atoms with Crippen molar-refractivity contribution in [2.75, 3.05) is 13.1 Å². The smallest absolute Gasteiger partial charge is 0.407 e. The molecule has 3 rings (SSSR count). The van der Waals surface area contributed by atoms with Crippen LogP contribution in [0.15, 0.2) is 30.5 Å². The predicted molar refractivity (Wildman–Crippen MR) is 109 cm³/mol. The molecule has 0 aromatic carbocycles. The quantitative estimate of drug-likeness (QED) is 0.710. The molecule has 29 heavy (non-hydrogen) atoms. The Bertz CT molecular complexity index is 856. The summed E-state index contributed by atoms with van der Waals surface area (Å²) in [5.41, 5.74) is 5.78. The Morgan fingerprint density at radius 1 is 1.41 bits per heavy atom. The number of alkyl halides is 1. The average molecular weight is 424 g/mol. The summed E-state index contributed by atoms with van der Waals surface area (Å²) in [6.07, 6.45) is 0.355. The summed E-state index contributed by atoms with van der Waals surface area (Å²) in [4.78, 5) is 18.6. The number of aryl methyl sites for hydroxylation is 2. The summed E-state index contributed by atoms with van der Waals surface area (Å²) in [6.45, 7) is 7.12. The third kappa shape index (κ3) is 4.75. The van der Waals surface area contributed by atoms with Gasteiger partial charge in [0.15, 0.2) is 5.13 Å². The number of likely N-dealkylation sites (tertiary alicyclic amines) is 1. The molecule has 5 nitrogen and oxygen atoms in total. The van der Waals surface area contributed by atoms with Gasteiger partial charge in [0.1, 0.15) is 0 Å². The summed E-state index contributed by atoms with van der Waals surface area (Å²) < 4.78 is 33.2. The van der Waals surface area contributed by atoms with Gasteiger partial charge in [-0.2, -0.15) is 4.39 Å². The average Bonchev–Trinajstić information content (AvgIpc) is 3.27. The fourth-order valence-electron chi connectivity index (χ4n) is 3.97. The highest BCUT2D eigenvalue weighted by atomic mass is 32.1. The van der Waals surface area contributed by atoms with Gasteiger partial charge in [-0.3, -0.25) is 9.88 Å². The van der Waals surface area contributed by atoms with Crippen molar-refractivity contribution in [2.45, 2.75) is 51.9 Å². The number of hydrogen-bond acceptors (Lipinski definition) is 5. The van der Waals surface area contributed by atoms with E-state index in [1.807, 2.05) is 25.3 Å². The van der Waals surface area contributed by atoms with Gasteiger partial charge in [-0.25, -0.2) is 9.18 Å². The molecule has 8 heteroatoms. The van der Waals surface area contributed by atoms with Crippen molar-refractivity contribution >= 4 is 17.4 Å². The Balaban J connectivity index is 1.81. The monoisotopic (exact) mass is 423 g/mol. The number of ether oxygens (including phenoxy) is 1. The second kappa shape index (κ2) is 8.36. The summed E-state index contributed by atoms with van der Waals surface area (Å²) in [5.74, 6) is 0. The minimum Gasteiger partial charge on any atom is -0.414 e. The number of halogens is 2. The Kier molecular flexibility index (Phi) is 6.24. The highest BCUT2D eigenvalue weighted by Crippen LogP contribution is 2.45. The summed E-state index contributed by atoms with van der Waals surface area (Å²) in [7, 11) is 0. The third-order valence-electron chi connectivity index (χ3n) is 5.99. The van der Waals surface area contributed by atoms with Gasteiger partial charge >= 0.3 is 6.09 Å². The van der Waals surface area contributed by atoms with Crippen LogP contribution in [0.4, 0.5) is 13.6 Å². The molecule has 1 unspecified atom stereocenters. The molecule has 158 valence electrons. The first-order chi connectivity index (χ1) is 13.6. The van der Waals surface area contributed by atoms with Crippen LogP contribution in [0.2, 0.25) is 0 Å². The molecule has 0 radical (unpaired) electrons. The summed E-state index contributed by atoms with van der Waals surface area (Å²) in [6, 6.07) is 7.11. The number of nitrogens with zero attached hydrogens (tertiary/aromatic N) is 2. The van der Waals surface area contributed by atoms with Crippen molar-refractivity contribution in [1.29, 1.82) is 0 Å². The number of carbonyl (C=O) groups is 1. The van der Waals surface area contributed by atoms with Crippen LogP contribution < -0.4 is 5.73 Å². The maximum absolute atomic E-state index is 15.1. The highest BCUT2D eigenvalue weighted by molar-refractivity contribution is 7.10. The minimum absolute atomic E-state index is 0.264. The molecule has 2 aromatic heterocycles. The van der Waals surface area contributed by atoms with E-state index >= 15 is 4.39 Å². The normalized spacial score (nSPS) is 21.3. The number of aromatic nitrogens is 1. The molecule has 0 spiro atoms. The van der Waals surface area contributed by atoms with Gasteiger partial charge in [0, 0.05) is 28.9 Å². The van der Waals surface area contributed by atoms with Crippen LogP contribution in [-0.2, 0) is 16.7 Å². The van der Waals surface area contributed by atoms with Crippen LogP contribution in [0.25, 0.3) is 0 Å². The van der Waals surface area contributed by atoms with Crippen molar-refractivity contribution in [3.05, 3.63) is 51.7 Å². The number of primary amides is 1. The zero-order valence-corrected chi connectivity index (χ0v) is 17.8. The van der Waals surface area contributed by atoms with Gasteiger partial charge in [-0.15, -0.1) is 11.3 Å². The Morgan fingerprint density at radius 3 is 2.76 bits per heavy atom. The lowest BCUT2D eigenvalue weighted by Gasteiger charge is -2.38. The molecular weight excluding hydrogens is 396 g/mol. The van der Waals surface area contributed by atoms with E-state index in [2.05, 4.69) is 23.7 Å². The molecule has 2 N–H and O–H groups in total. The molecule has 2 atom stereocenters. The molecule has 0 bridgehead atoms. The van der Waals surface area contributed by atoms with Gasteiger partial charge in [0.25, 0.3) is 0 Å². The first kappa shape index (κ1) is 21.6. The van der Waals surface area contributed by atoms with Gasteiger partial charge < -0.3 is 10.5 Å². The SMILES string of the molecule is Cc1ccc(C(C)(C)N2CCC(CCc3ccc(F)s3)([C@H](F)OC(N)=O)C2)cn1. The molecule has 1 saturated heterocycles. The summed E-state index contributed by atoms with van der Waals surface area (Å²) >= 11 is 1.06. The topological polar surface area (TPSA) is 68.5 Å². The van der Waals surface area contributed by atoms with E-state index in [0.717, 1.165) is 27.5 Å². The molecule has 0 aliphatic carbocycles. The molecular formula is C21H27F2N3O2S. The van der Waals surface area contributed by atoms with E-state index < -0.39 is 17.9 Å². The number of rotatable bonds is 7. The zero-order chi connectivity index (χ0) is 21.2. The number of pyridine rings is 1. The van der Waals surface area contributed by atoms with Crippen LogP contribution >= 0.6 is 11.3 Å².